The lowest BCUT2D eigenvalue weighted by molar-refractivity contribution is 0.508. The number of fused-ring (bicyclic) bond motifs is 3. The number of nitrogens with zero attached hydrogens (tertiary/aromatic N) is 4. The van der Waals surface area contributed by atoms with Crippen LogP contribution < -0.4 is 0 Å². The number of hydrogen-bond acceptors (Lipinski definition) is 4. The standard InChI is InChI=1S/C23H16F2N4/c24-20-11-15(5-8-26-20)13-23(14-16-6-9-27-21(25)12-16)18-4-2-1-3-17(18)22-19(23)7-10-28-29-22/h1-12H,13-14H2. The van der Waals surface area contributed by atoms with Crippen LogP contribution >= 0.6 is 0 Å². The fraction of sp³-hybridized carbons (Fsp3) is 0.130. The second kappa shape index (κ2) is 6.81. The van der Waals surface area contributed by atoms with Gasteiger partial charge in [-0.15, -0.1) is 0 Å². The Morgan fingerprint density at radius 3 is 2.03 bits per heavy atom. The molecule has 4 aromatic rings. The van der Waals surface area contributed by atoms with Gasteiger partial charge in [0.2, 0.25) is 11.9 Å². The first-order valence-corrected chi connectivity index (χ1v) is 9.29. The molecule has 0 aliphatic heterocycles. The highest BCUT2D eigenvalue weighted by molar-refractivity contribution is 5.78. The highest BCUT2D eigenvalue weighted by Crippen LogP contribution is 2.51. The van der Waals surface area contributed by atoms with Gasteiger partial charge in [0.25, 0.3) is 0 Å². The quantitative estimate of drug-likeness (QED) is 0.491. The first-order chi connectivity index (χ1) is 14.2. The lowest BCUT2D eigenvalue weighted by atomic mass is 9.70. The second-order valence-corrected chi connectivity index (χ2v) is 7.25. The van der Waals surface area contributed by atoms with Crippen LogP contribution in [0.1, 0.15) is 22.3 Å². The minimum Gasteiger partial charge on any atom is -0.228 e. The maximum Gasteiger partial charge on any atom is 0.213 e. The Balaban J connectivity index is 1.74. The average Bonchev–Trinajstić information content (AvgIpc) is 2.99. The van der Waals surface area contributed by atoms with Crippen molar-refractivity contribution in [2.45, 2.75) is 18.3 Å². The zero-order valence-corrected chi connectivity index (χ0v) is 15.4. The number of hydrogen-bond donors (Lipinski definition) is 0. The van der Waals surface area contributed by atoms with E-state index in [0.717, 1.165) is 33.5 Å². The van der Waals surface area contributed by atoms with E-state index in [1.807, 2.05) is 36.4 Å². The van der Waals surface area contributed by atoms with Gasteiger partial charge >= 0.3 is 0 Å². The molecule has 0 saturated heterocycles. The van der Waals surface area contributed by atoms with E-state index >= 15 is 0 Å². The summed E-state index contributed by atoms with van der Waals surface area (Å²) in [5.41, 5.74) is 4.97. The van der Waals surface area contributed by atoms with Crippen LogP contribution in [-0.4, -0.2) is 20.2 Å². The van der Waals surface area contributed by atoms with Crippen molar-refractivity contribution in [3.8, 4) is 11.3 Å². The topological polar surface area (TPSA) is 51.6 Å². The summed E-state index contributed by atoms with van der Waals surface area (Å²) in [5, 5.41) is 8.46. The third kappa shape index (κ3) is 2.97. The molecule has 4 nitrogen and oxygen atoms in total. The van der Waals surface area contributed by atoms with Crippen molar-refractivity contribution >= 4 is 0 Å². The van der Waals surface area contributed by atoms with Crippen LogP contribution in [0.25, 0.3) is 11.3 Å². The van der Waals surface area contributed by atoms with Crippen molar-refractivity contribution in [1.82, 2.24) is 20.2 Å². The molecule has 0 atom stereocenters. The Hall–Kier alpha value is -3.54. The molecule has 0 radical (unpaired) electrons. The SMILES string of the molecule is Fc1cc(CC2(Cc3ccnc(F)c3)c3ccccc3-c3nnccc32)ccn1. The maximum atomic E-state index is 13.8. The molecular formula is C23H16F2N4. The van der Waals surface area contributed by atoms with Crippen LogP contribution in [0.3, 0.4) is 0 Å². The Morgan fingerprint density at radius 2 is 1.38 bits per heavy atom. The molecule has 0 amide bonds. The number of benzene rings is 1. The molecule has 1 aromatic carbocycles. The summed E-state index contributed by atoms with van der Waals surface area (Å²) in [6.45, 7) is 0. The maximum absolute atomic E-state index is 13.8. The molecule has 6 heteroatoms. The Bertz CT molecular complexity index is 1110. The van der Waals surface area contributed by atoms with Crippen molar-refractivity contribution in [1.29, 1.82) is 0 Å². The predicted octanol–water partition coefficient (Wildman–Crippen LogP) is 4.30. The molecule has 142 valence electrons. The normalized spacial score (nSPS) is 13.7. The predicted molar refractivity (Wildman–Crippen MR) is 104 cm³/mol. The van der Waals surface area contributed by atoms with E-state index in [9.17, 15) is 8.78 Å². The third-order valence-electron chi connectivity index (χ3n) is 5.53. The number of pyridine rings is 2. The minimum absolute atomic E-state index is 0.520. The van der Waals surface area contributed by atoms with Gasteiger partial charge in [-0.3, -0.25) is 0 Å². The van der Waals surface area contributed by atoms with Gasteiger partial charge in [-0.2, -0.15) is 19.0 Å². The molecule has 5 rings (SSSR count). The van der Waals surface area contributed by atoms with Gasteiger partial charge in [0.05, 0.1) is 5.69 Å². The molecule has 1 aliphatic carbocycles. The molecule has 3 heterocycles. The van der Waals surface area contributed by atoms with E-state index in [1.54, 1.807) is 6.20 Å². The fourth-order valence-electron chi connectivity index (χ4n) is 4.41. The molecule has 0 saturated carbocycles. The first-order valence-electron chi connectivity index (χ1n) is 9.29. The van der Waals surface area contributed by atoms with Crippen molar-refractivity contribution in [2.75, 3.05) is 0 Å². The average molecular weight is 386 g/mol. The number of rotatable bonds is 4. The molecule has 29 heavy (non-hydrogen) atoms. The molecule has 1 aliphatic rings. The van der Waals surface area contributed by atoms with E-state index in [0.29, 0.717) is 12.8 Å². The van der Waals surface area contributed by atoms with E-state index in [1.165, 1.54) is 24.5 Å². The number of halogens is 2. The highest BCUT2D eigenvalue weighted by atomic mass is 19.1. The van der Waals surface area contributed by atoms with Crippen molar-refractivity contribution < 1.29 is 8.78 Å². The van der Waals surface area contributed by atoms with Gasteiger partial charge < -0.3 is 0 Å². The zero-order valence-electron chi connectivity index (χ0n) is 15.4. The lowest BCUT2D eigenvalue weighted by Gasteiger charge is -2.32. The van der Waals surface area contributed by atoms with Crippen LogP contribution in [0.5, 0.6) is 0 Å². The van der Waals surface area contributed by atoms with Crippen LogP contribution in [0.2, 0.25) is 0 Å². The van der Waals surface area contributed by atoms with Crippen LogP contribution in [0, 0.1) is 11.9 Å². The van der Waals surface area contributed by atoms with E-state index in [-0.39, 0.29) is 0 Å². The first kappa shape index (κ1) is 17.6. The summed E-state index contributed by atoms with van der Waals surface area (Å²) in [5.74, 6) is -1.04. The molecular weight excluding hydrogens is 370 g/mol. The Labute approximate surface area is 166 Å². The minimum atomic E-state index is -0.538. The molecule has 0 N–H and O–H groups in total. The smallest absolute Gasteiger partial charge is 0.213 e. The van der Waals surface area contributed by atoms with Crippen LogP contribution in [0.4, 0.5) is 8.78 Å². The monoisotopic (exact) mass is 386 g/mol. The summed E-state index contributed by atoms with van der Waals surface area (Å²) in [6.07, 6.45) is 5.64. The largest absolute Gasteiger partial charge is 0.228 e. The Morgan fingerprint density at radius 1 is 0.724 bits per heavy atom. The molecule has 0 bridgehead atoms. The molecule has 3 aromatic heterocycles. The third-order valence-corrected chi connectivity index (χ3v) is 5.53. The van der Waals surface area contributed by atoms with Gasteiger partial charge in [-0.05, 0) is 65.4 Å². The van der Waals surface area contributed by atoms with E-state index in [4.69, 9.17) is 0 Å². The van der Waals surface area contributed by atoms with Gasteiger partial charge in [0.1, 0.15) is 0 Å². The van der Waals surface area contributed by atoms with E-state index < -0.39 is 17.3 Å². The van der Waals surface area contributed by atoms with Crippen molar-refractivity contribution in [3.05, 3.63) is 107 Å². The zero-order chi connectivity index (χ0) is 19.8. The van der Waals surface area contributed by atoms with Crippen molar-refractivity contribution in [2.24, 2.45) is 0 Å². The van der Waals surface area contributed by atoms with Gasteiger partial charge in [0.15, 0.2) is 0 Å². The summed E-state index contributed by atoms with van der Waals surface area (Å²) >= 11 is 0. The van der Waals surface area contributed by atoms with Gasteiger partial charge in [0, 0.05) is 29.6 Å². The summed E-state index contributed by atoms with van der Waals surface area (Å²) < 4.78 is 27.7. The summed E-state index contributed by atoms with van der Waals surface area (Å²) in [4.78, 5) is 7.35. The van der Waals surface area contributed by atoms with Crippen LogP contribution in [-0.2, 0) is 18.3 Å². The number of aromatic nitrogens is 4. The second-order valence-electron chi connectivity index (χ2n) is 7.25. The molecule has 0 fully saturated rings. The molecule has 0 unspecified atom stereocenters. The van der Waals surface area contributed by atoms with Crippen molar-refractivity contribution in [3.63, 3.8) is 0 Å². The van der Waals surface area contributed by atoms with E-state index in [2.05, 4.69) is 26.2 Å². The van der Waals surface area contributed by atoms with Crippen LogP contribution in [0.15, 0.2) is 73.2 Å². The lowest BCUT2D eigenvalue weighted by Crippen LogP contribution is -2.31. The highest BCUT2D eigenvalue weighted by Gasteiger charge is 2.44. The van der Waals surface area contributed by atoms with Gasteiger partial charge in [-0.25, -0.2) is 9.97 Å². The summed E-state index contributed by atoms with van der Waals surface area (Å²) in [7, 11) is 0. The summed E-state index contributed by atoms with van der Waals surface area (Å²) in [6, 6.07) is 16.5. The fourth-order valence-corrected chi connectivity index (χ4v) is 4.41. The molecule has 0 spiro atoms. The Kier molecular flexibility index (Phi) is 4.12. The van der Waals surface area contributed by atoms with Gasteiger partial charge in [-0.1, -0.05) is 24.3 Å².